The van der Waals surface area contributed by atoms with E-state index in [1.807, 2.05) is 18.2 Å². The Labute approximate surface area is 187 Å². The number of aromatic nitrogens is 2. The molecule has 30 heavy (non-hydrogen) atoms. The molecule has 1 aromatic heterocycles. The lowest BCUT2D eigenvalue weighted by Gasteiger charge is -2.24. The summed E-state index contributed by atoms with van der Waals surface area (Å²) in [7, 11) is 0. The van der Waals surface area contributed by atoms with Crippen molar-refractivity contribution in [3.05, 3.63) is 61.9 Å². The van der Waals surface area contributed by atoms with Crippen LogP contribution >= 0.6 is 31.9 Å². The van der Waals surface area contributed by atoms with Crippen LogP contribution in [0.3, 0.4) is 0 Å². The molecule has 0 spiro atoms. The van der Waals surface area contributed by atoms with Crippen LogP contribution in [0.1, 0.15) is 17.0 Å². The number of H-pyrrole nitrogens is 1. The number of aromatic amines is 1. The molecule has 2 aliphatic rings. The molecular formula is C20H12Br2N4O4. The van der Waals surface area contributed by atoms with Crippen molar-refractivity contribution in [3.63, 3.8) is 0 Å². The van der Waals surface area contributed by atoms with E-state index in [9.17, 15) is 10.4 Å². The summed E-state index contributed by atoms with van der Waals surface area (Å²) in [4.78, 5) is 0. The zero-order valence-corrected chi connectivity index (χ0v) is 18.2. The first kappa shape index (κ1) is 18.8. The SMILES string of the molecule is N#CC1=C(N)Oc2n[nH]c(-c3ccc4c(c3)OCO4)c2C1c1cc(Br)c(O)c(Br)c1. The number of nitriles is 1. The van der Waals surface area contributed by atoms with Crippen LogP contribution in [0.2, 0.25) is 0 Å². The van der Waals surface area contributed by atoms with Gasteiger partial charge in [0.2, 0.25) is 18.6 Å². The summed E-state index contributed by atoms with van der Waals surface area (Å²) < 4.78 is 17.5. The Morgan fingerprint density at radius 3 is 2.63 bits per heavy atom. The molecule has 4 N–H and O–H groups in total. The zero-order chi connectivity index (χ0) is 21.0. The van der Waals surface area contributed by atoms with Crippen LogP contribution in [0.15, 0.2) is 50.7 Å². The molecule has 0 fully saturated rings. The lowest BCUT2D eigenvalue weighted by atomic mass is 9.83. The van der Waals surface area contributed by atoms with Gasteiger partial charge < -0.3 is 25.1 Å². The van der Waals surface area contributed by atoms with Crippen molar-refractivity contribution in [1.29, 1.82) is 5.26 Å². The maximum Gasteiger partial charge on any atom is 0.244 e. The number of hydrogen-bond acceptors (Lipinski definition) is 7. The van der Waals surface area contributed by atoms with E-state index in [4.69, 9.17) is 19.9 Å². The Bertz CT molecular complexity index is 1260. The number of nitrogens with two attached hydrogens (primary N) is 1. The van der Waals surface area contributed by atoms with E-state index in [2.05, 4.69) is 48.1 Å². The van der Waals surface area contributed by atoms with Crippen LogP contribution in [0.5, 0.6) is 23.1 Å². The molecule has 0 saturated carbocycles. The molecule has 0 radical (unpaired) electrons. The standard InChI is InChI=1S/C20H12Br2N4O4/c21-11-3-9(4-12(22)18(11)27)15-10(6-23)19(24)30-20-16(15)17(25-26-20)8-1-2-13-14(5-8)29-7-28-13/h1-5,15,27H,7,24H2,(H,25,26). The number of allylic oxidation sites excluding steroid dienone is 1. The van der Waals surface area contributed by atoms with Crippen molar-refractivity contribution in [3.8, 4) is 40.5 Å². The minimum atomic E-state index is -0.564. The van der Waals surface area contributed by atoms with Gasteiger partial charge in [-0.2, -0.15) is 5.26 Å². The van der Waals surface area contributed by atoms with Gasteiger partial charge in [-0.25, -0.2) is 0 Å². The van der Waals surface area contributed by atoms with Gasteiger partial charge in [-0.3, -0.25) is 5.10 Å². The van der Waals surface area contributed by atoms with Crippen LogP contribution < -0.4 is 19.9 Å². The molecule has 0 amide bonds. The van der Waals surface area contributed by atoms with Crippen LogP contribution in [0.4, 0.5) is 0 Å². The Balaban J connectivity index is 1.73. The van der Waals surface area contributed by atoms with Gasteiger partial charge in [-0.05, 0) is 67.8 Å². The van der Waals surface area contributed by atoms with E-state index in [-0.39, 0.29) is 29.9 Å². The highest BCUT2D eigenvalue weighted by molar-refractivity contribution is 9.11. The molecule has 2 aliphatic heterocycles. The van der Waals surface area contributed by atoms with Gasteiger partial charge in [0.25, 0.3) is 0 Å². The van der Waals surface area contributed by atoms with Crippen molar-refractivity contribution >= 4 is 31.9 Å². The third kappa shape index (κ3) is 2.81. The average Bonchev–Trinajstić information content (AvgIpc) is 3.36. The number of halogens is 2. The van der Waals surface area contributed by atoms with E-state index < -0.39 is 5.92 Å². The molecule has 2 aromatic carbocycles. The van der Waals surface area contributed by atoms with Crippen LogP contribution in [-0.4, -0.2) is 22.1 Å². The summed E-state index contributed by atoms with van der Waals surface area (Å²) in [6.45, 7) is 0.166. The number of phenols is 1. The maximum atomic E-state index is 10.1. The third-order valence-corrected chi connectivity index (χ3v) is 6.18. The molecule has 150 valence electrons. The van der Waals surface area contributed by atoms with E-state index in [0.29, 0.717) is 31.7 Å². The number of hydrogen-bond donors (Lipinski definition) is 3. The normalized spacial score (nSPS) is 16.8. The van der Waals surface area contributed by atoms with Gasteiger partial charge in [0.1, 0.15) is 17.4 Å². The number of phenolic OH excluding ortho intramolecular Hbond substituents is 1. The van der Waals surface area contributed by atoms with Crippen molar-refractivity contribution in [2.75, 3.05) is 6.79 Å². The number of nitrogens with one attached hydrogen (secondary N) is 1. The third-order valence-electron chi connectivity index (χ3n) is 4.97. The topological polar surface area (TPSA) is 126 Å². The second-order valence-electron chi connectivity index (χ2n) is 6.64. The summed E-state index contributed by atoms with van der Waals surface area (Å²) in [6, 6.07) is 11.1. The summed E-state index contributed by atoms with van der Waals surface area (Å²) in [6.07, 6.45) is 0. The van der Waals surface area contributed by atoms with Crippen molar-refractivity contribution < 1.29 is 19.3 Å². The molecule has 3 heterocycles. The quantitative estimate of drug-likeness (QED) is 0.451. The van der Waals surface area contributed by atoms with Gasteiger partial charge in [-0.15, -0.1) is 5.10 Å². The first-order chi connectivity index (χ1) is 14.5. The van der Waals surface area contributed by atoms with Gasteiger partial charge in [0.15, 0.2) is 11.5 Å². The molecule has 0 saturated heterocycles. The molecule has 5 rings (SSSR count). The number of nitrogens with zero attached hydrogens (tertiary/aromatic N) is 2. The fraction of sp³-hybridized carbons (Fsp3) is 0.100. The minimum Gasteiger partial charge on any atom is -0.506 e. The predicted molar refractivity (Wildman–Crippen MR) is 113 cm³/mol. The summed E-state index contributed by atoms with van der Waals surface area (Å²) in [5.74, 6) is 1.04. The molecule has 1 atom stereocenters. The number of fused-ring (bicyclic) bond motifs is 2. The number of benzene rings is 2. The first-order valence-corrected chi connectivity index (χ1v) is 10.3. The lowest BCUT2D eigenvalue weighted by Crippen LogP contribution is -2.21. The Morgan fingerprint density at radius 2 is 1.90 bits per heavy atom. The Hall–Kier alpha value is -3.16. The molecule has 10 heteroatoms. The largest absolute Gasteiger partial charge is 0.506 e. The number of rotatable bonds is 2. The van der Waals surface area contributed by atoms with Crippen molar-refractivity contribution in [2.24, 2.45) is 5.73 Å². The highest BCUT2D eigenvalue weighted by Gasteiger charge is 2.36. The van der Waals surface area contributed by atoms with E-state index in [0.717, 1.165) is 11.1 Å². The smallest absolute Gasteiger partial charge is 0.244 e. The monoisotopic (exact) mass is 530 g/mol. The number of ether oxygens (including phenoxy) is 3. The molecule has 1 unspecified atom stereocenters. The van der Waals surface area contributed by atoms with E-state index >= 15 is 0 Å². The van der Waals surface area contributed by atoms with Gasteiger partial charge >= 0.3 is 0 Å². The highest BCUT2D eigenvalue weighted by atomic mass is 79.9. The Kier molecular flexibility index (Phi) is 4.38. The summed E-state index contributed by atoms with van der Waals surface area (Å²) >= 11 is 6.71. The highest BCUT2D eigenvalue weighted by Crippen LogP contribution is 2.48. The Morgan fingerprint density at radius 1 is 1.17 bits per heavy atom. The van der Waals surface area contributed by atoms with Crippen LogP contribution in [0.25, 0.3) is 11.3 Å². The fourth-order valence-corrected chi connectivity index (χ4v) is 4.82. The molecule has 3 aromatic rings. The van der Waals surface area contributed by atoms with E-state index in [1.165, 1.54) is 0 Å². The van der Waals surface area contributed by atoms with Crippen LogP contribution in [-0.2, 0) is 0 Å². The second kappa shape index (κ2) is 6.97. The minimum absolute atomic E-state index is 0.0148. The zero-order valence-electron chi connectivity index (χ0n) is 15.1. The van der Waals surface area contributed by atoms with Crippen molar-refractivity contribution in [1.82, 2.24) is 10.2 Å². The second-order valence-corrected chi connectivity index (χ2v) is 8.35. The lowest BCUT2D eigenvalue weighted by molar-refractivity contribution is 0.174. The first-order valence-electron chi connectivity index (χ1n) is 8.71. The molecule has 8 nitrogen and oxygen atoms in total. The molecular weight excluding hydrogens is 520 g/mol. The molecule has 0 aliphatic carbocycles. The average molecular weight is 532 g/mol. The summed E-state index contributed by atoms with van der Waals surface area (Å²) in [5.41, 5.74) is 9.10. The van der Waals surface area contributed by atoms with Crippen molar-refractivity contribution in [2.45, 2.75) is 5.92 Å². The van der Waals surface area contributed by atoms with Gasteiger partial charge in [0.05, 0.1) is 26.1 Å². The van der Waals surface area contributed by atoms with E-state index in [1.54, 1.807) is 12.1 Å². The predicted octanol–water partition coefficient (Wildman–Crippen LogP) is 4.25. The number of aromatic hydroxyl groups is 1. The fourth-order valence-electron chi connectivity index (χ4n) is 3.60. The maximum absolute atomic E-state index is 10.1. The van der Waals surface area contributed by atoms with Gasteiger partial charge in [-0.1, -0.05) is 0 Å². The molecule has 0 bridgehead atoms. The van der Waals surface area contributed by atoms with Crippen LogP contribution in [0, 0.1) is 11.3 Å². The van der Waals surface area contributed by atoms with Gasteiger partial charge in [0, 0.05) is 5.56 Å². The summed E-state index contributed by atoms with van der Waals surface area (Å²) in [5, 5.41) is 27.2.